The zero-order valence-electron chi connectivity index (χ0n) is 7.66. The van der Waals surface area contributed by atoms with Gasteiger partial charge in [0.2, 0.25) is 5.91 Å². The number of carbonyl (C=O) groups is 2. The van der Waals surface area contributed by atoms with E-state index >= 15 is 0 Å². The van der Waals surface area contributed by atoms with E-state index in [0.717, 1.165) is 0 Å². The fraction of sp³-hybridized carbons (Fsp3) is 0.200. The van der Waals surface area contributed by atoms with Gasteiger partial charge in [0.1, 0.15) is 4.83 Å². The van der Waals surface area contributed by atoms with Crippen molar-refractivity contribution in [2.45, 2.75) is 11.8 Å². The van der Waals surface area contributed by atoms with Crippen molar-refractivity contribution in [3.8, 4) is 0 Å². The number of hydrogen-bond donors (Lipinski definition) is 1. The van der Waals surface area contributed by atoms with Crippen LogP contribution in [0, 0.1) is 0 Å². The van der Waals surface area contributed by atoms with Gasteiger partial charge < -0.3 is 5.73 Å². The lowest BCUT2D eigenvalue weighted by Gasteiger charge is -2.09. The number of ketones is 1. The van der Waals surface area contributed by atoms with Gasteiger partial charge in [0, 0.05) is 5.56 Å². The van der Waals surface area contributed by atoms with Crippen LogP contribution in [-0.2, 0) is 4.79 Å². The minimum absolute atomic E-state index is 0.0775. The third-order valence-corrected chi connectivity index (χ3v) is 2.81. The topological polar surface area (TPSA) is 60.2 Å². The Labute approximate surface area is 90.4 Å². The summed E-state index contributed by atoms with van der Waals surface area (Å²) in [4.78, 5) is 21.6. The monoisotopic (exact) mass is 255 g/mol. The van der Waals surface area contributed by atoms with Crippen molar-refractivity contribution >= 4 is 27.6 Å². The fourth-order valence-electron chi connectivity index (χ4n) is 1.19. The van der Waals surface area contributed by atoms with Crippen LogP contribution in [-0.4, -0.2) is 11.7 Å². The SMILES string of the molecule is CC(=O)c1ccccc1C(Br)C(N)=O. The molecule has 1 amide bonds. The van der Waals surface area contributed by atoms with Crippen molar-refractivity contribution < 1.29 is 9.59 Å². The molecule has 0 spiro atoms. The average Bonchev–Trinajstić information content (AvgIpc) is 2.16. The van der Waals surface area contributed by atoms with Gasteiger partial charge in [0.05, 0.1) is 0 Å². The first-order valence-electron chi connectivity index (χ1n) is 4.07. The summed E-state index contributed by atoms with van der Waals surface area (Å²) >= 11 is 3.14. The van der Waals surface area contributed by atoms with Gasteiger partial charge in [-0.15, -0.1) is 0 Å². The van der Waals surface area contributed by atoms with Crippen LogP contribution in [0.4, 0.5) is 0 Å². The first-order chi connectivity index (χ1) is 6.54. The summed E-state index contributed by atoms with van der Waals surface area (Å²) < 4.78 is 0. The molecule has 1 aromatic carbocycles. The van der Waals surface area contributed by atoms with E-state index in [0.29, 0.717) is 11.1 Å². The van der Waals surface area contributed by atoms with Crippen molar-refractivity contribution in [3.05, 3.63) is 35.4 Å². The molecule has 3 nitrogen and oxygen atoms in total. The highest BCUT2D eigenvalue weighted by Gasteiger charge is 2.18. The van der Waals surface area contributed by atoms with E-state index in [2.05, 4.69) is 15.9 Å². The molecule has 0 aromatic heterocycles. The Hall–Kier alpha value is -1.16. The van der Waals surface area contributed by atoms with Crippen LogP contribution in [0.1, 0.15) is 27.7 Å². The highest BCUT2D eigenvalue weighted by molar-refractivity contribution is 9.09. The molecule has 0 bridgehead atoms. The summed E-state index contributed by atoms with van der Waals surface area (Å²) in [6.45, 7) is 1.46. The van der Waals surface area contributed by atoms with E-state index in [4.69, 9.17) is 5.73 Å². The number of carbonyl (C=O) groups excluding carboxylic acids is 2. The van der Waals surface area contributed by atoms with Crippen LogP contribution in [0.3, 0.4) is 0 Å². The lowest BCUT2D eigenvalue weighted by molar-refractivity contribution is -0.117. The zero-order chi connectivity index (χ0) is 10.7. The summed E-state index contributed by atoms with van der Waals surface area (Å²) in [6.07, 6.45) is 0. The highest BCUT2D eigenvalue weighted by Crippen LogP contribution is 2.25. The molecule has 1 aromatic rings. The van der Waals surface area contributed by atoms with Crippen molar-refractivity contribution in [1.82, 2.24) is 0 Å². The predicted molar refractivity (Wildman–Crippen MR) is 57.3 cm³/mol. The Morgan fingerprint density at radius 2 is 1.93 bits per heavy atom. The Bertz CT molecular complexity index is 376. The second-order valence-corrected chi connectivity index (χ2v) is 3.82. The molecule has 1 unspecified atom stereocenters. The number of primary amides is 1. The quantitative estimate of drug-likeness (QED) is 0.662. The summed E-state index contributed by atoms with van der Waals surface area (Å²) in [7, 11) is 0. The second kappa shape index (κ2) is 4.37. The number of hydrogen-bond acceptors (Lipinski definition) is 2. The van der Waals surface area contributed by atoms with E-state index in [-0.39, 0.29) is 5.78 Å². The summed E-state index contributed by atoms with van der Waals surface area (Å²) in [5.41, 5.74) is 6.28. The van der Waals surface area contributed by atoms with Crippen LogP contribution >= 0.6 is 15.9 Å². The lowest BCUT2D eigenvalue weighted by Crippen LogP contribution is -2.18. The van der Waals surface area contributed by atoms with Gasteiger partial charge in [-0.3, -0.25) is 9.59 Å². The molecule has 1 atom stereocenters. The van der Waals surface area contributed by atoms with Crippen LogP contribution in [0.2, 0.25) is 0 Å². The van der Waals surface area contributed by atoms with Gasteiger partial charge >= 0.3 is 0 Å². The second-order valence-electron chi connectivity index (χ2n) is 2.91. The maximum Gasteiger partial charge on any atom is 0.235 e. The minimum Gasteiger partial charge on any atom is -0.368 e. The Morgan fingerprint density at radius 1 is 1.36 bits per heavy atom. The third-order valence-electron chi connectivity index (χ3n) is 1.86. The molecule has 0 heterocycles. The average molecular weight is 256 g/mol. The van der Waals surface area contributed by atoms with Crippen LogP contribution < -0.4 is 5.73 Å². The van der Waals surface area contributed by atoms with Gasteiger partial charge in [-0.25, -0.2) is 0 Å². The standard InChI is InChI=1S/C10H10BrNO2/c1-6(13)7-4-2-3-5-8(7)9(11)10(12)14/h2-5,9H,1H3,(H2,12,14). The van der Waals surface area contributed by atoms with Gasteiger partial charge in [-0.05, 0) is 12.5 Å². The van der Waals surface area contributed by atoms with E-state index in [1.165, 1.54) is 6.92 Å². The molecule has 0 aliphatic heterocycles. The Balaban J connectivity index is 3.19. The molecule has 0 aliphatic carbocycles. The van der Waals surface area contributed by atoms with E-state index in [1.807, 2.05) is 0 Å². The van der Waals surface area contributed by atoms with Crippen LogP contribution in [0.15, 0.2) is 24.3 Å². The van der Waals surface area contributed by atoms with E-state index in [1.54, 1.807) is 24.3 Å². The Kier molecular flexibility index (Phi) is 3.41. The Morgan fingerprint density at radius 3 is 2.43 bits per heavy atom. The zero-order valence-corrected chi connectivity index (χ0v) is 9.24. The fourth-order valence-corrected chi connectivity index (χ4v) is 1.59. The van der Waals surface area contributed by atoms with Crippen molar-refractivity contribution in [3.63, 3.8) is 0 Å². The molecule has 0 saturated carbocycles. The molecular formula is C10H10BrNO2. The first-order valence-corrected chi connectivity index (χ1v) is 4.99. The predicted octanol–water partition coefficient (Wildman–Crippen LogP) is 1.81. The molecule has 0 radical (unpaired) electrons. The molecule has 2 N–H and O–H groups in total. The van der Waals surface area contributed by atoms with E-state index in [9.17, 15) is 9.59 Å². The lowest BCUT2D eigenvalue weighted by atomic mass is 10.0. The number of amides is 1. The summed E-state index contributed by atoms with van der Waals surface area (Å²) in [5.74, 6) is -0.579. The first kappa shape index (κ1) is 10.9. The number of rotatable bonds is 3. The normalized spacial score (nSPS) is 12.1. The van der Waals surface area contributed by atoms with Crippen molar-refractivity contribution in [1.29, 1.82) is 0 Å². The van der Waals surface area contributed by atoms with Crippen LogP contribution in [0.5, 0.6) is 0 Å². The molecule has 0 saturated heterocycles. The van der Waals surface area contributed by atoms with Crippen LogP contribution in [0.25, 0.3) is 0 Å². The number of nitrogens with two attached hydrogens (primary N) is 1. The van der Waals surface area contributed by atoms with Gasteiger partial charge in [-0.1, -0.05) is 40.2 Å². The summed E-state index contributed by atoms with van der Waals surface area (Å²) in [6, 6.07) is 6.90. The molecule has 4 heteroatoms. The maximum atomic E-state index is 11.2. The molecule has 14 heavy (non-hydrogen) atoms. The molecule has 1 rings (SSSR count). The number of halogens is 1. The smallest absolute Gasteiger partial charge is 0.235 e. The molecular weight excluding hydrogens is 246 g/mol. The van der Waals surface area contributed by atoms with Gasteiger partial charge in [-0.2, -0.15) is 0 Å². The highest BCUT2D eigenvalue weighted by atomic mass is 79.9. The minimum atomic E-state index is -0.609. The molecule has 0 fully saturated rings. The molecule has 0 aliphatic rings. The number of alkyl halides is 1. The van der Waals surface area contributed by atoms with Gasteiger partial charge in [0.15, 0.2) is 5.78 Å². The number of Topliss-reactive ketones (excluding diaryl/α,β-unsaturated/α-hetero) is 1. The largest absolute Gasteiger partial charge is 0.368 e. The third kappa shape index (κ3) is 2.20. The van der Waals surface area contributed by atoms with E-state index < -0.39 is 10.7 Å². The summed E-state index contributed by atoms with van der Waals surface area (Å²) in [5, 5.41) is 0. The molecule has 74 valence electrons. The van der Waals surface area contributed by atoms with Crippen molar-refractivity contribution in [2.75, 3.05) is 0 Å². The number of benzene rings is 1. The maximum absolute atomic E-state index is 11.2. The van der Waals surface area contributed by atoms with Crippen molar-refractivity contribution in [2.24, 2.45) is 5.73 Å². The van der Waals surface area contributed by atoms with Gasteiger partial charge in [0.25, 0.3) is 0 Å².